The fourth-order valence-electron chi connectivity index (χ4n) is 2.71. The summed E-state index contributed by atoms with van der Waals surface area (Å²) in [6.45, 7) is 0.813. The van der Waals surface area contributed by atoms with Crippen LogP contribution < -0.4 is 0 Å². The van der Waals surface area contributed by atoms with Crippen molar-refractivity contribution >= 4 is 29.1 Å². The van der Waals surface area contributed by atoms with Crippen molar-refractivity contribution in [1.82, 2.24) is 9.88 Å². The predicted octanol–water partition coefficient (Wildman–Crippen LogP) is 3.16. The van der Waals surface area contributed by atoms with Gasteiger partial charge >= 0.3 is 0 Å². The van der Waals surface area contributed by atoms with Crippen LogP contribution in [0.5, 0.6) is 0 Å². The topological polar surface area (TPSA) is 33.2 Å². The van der Waals surface area contributed by atoms with Crippen molar-refractivity contribution in [3.63, 3.8) is 0 Å². The number of carbonyl (C=O) groups is 1. The van der Waals surface area contributed by atoms with Crippen molar-refractivity contribution < 1.29 is 4.79 Å². The van der Waals surface area contributed by atoms with Crippen molar-refractivity contribution in [2.24, 2.45) is 0 Å². The number of rotatable bonds is 1. The van der Waals surface area contributed by atoms with Gasteiger partial charge in [0.05, 0.1) is 15.6 Å². The summed E-state index contributed by atoms with van der Waals surface area (Å²) in [4.78, 5) is 18.2. The molecule has 0 bridgehead atoms. The first-order valence-corrected chi connectivity index (χ1v) is 6.51. The molecule has 0 aromatic carbocycles. The van der Waals surface area contributed by atoms with Crippen molar-refractivity contribution in [3.05, 3.63) is 28.0 Å². The van der Waals surface area contributed by atoms with E-state index in [0.717, 1.165) is 25.8 Å². The van der Waals surface area contributed by atoms with Crippen LogP contribution >= 0.6 is 23.2 Å². The average molecular weight is 271 g/mol. The first-order chi connectivity index (χ1) is 8.14. The van der Waals surface area contributed by atoms with E-state index >= 15 is 0 Å². The first-order valence-electron chi connectivity index (χ1n) is 5.75. The molecule has 3 nitrogen and oxygen atoms in total. The van der Waals surface area contributed by atoms with Crippen molar-refractivity contribution in [2.75, 3.05) is 6.54 Å². The zero-order valence-corrected chi connectivity index (χ0v) is 10.8. The number of carbonyl (C=O) groups excluding carboxylic acids is 1. The van der Waals surface area contributed by atoms with Gasteiger partial charge in [-0.25, -0.2) is 0 Å². The van der Waals surface area contributed by atoms with Gasteiger partial charge in [0, 0.05) is 24.5 Å². The van der Waals surface area contributed by atoms with E-state index in [1.165, 1.54) is 18.8 Å². The molecule has 1 saturated heterocycles. The van der Waals surface area contributed by atoms with Crippen molar-refractivity contribution in [1.29, 1.82) is 0 Å². The predicted molar refractivity (Wildman–Crippen MR) is 66.5 cm³/mol. The monoisotopic (exact) mass is 270 g/mol. The Hall–Kier alpha value is -0.800. The minimum atomic E-state index is -0.0478. The summed E-state index contributed by atoms with van der Waals surface area (Å²) in [5.74, 6) is -0.0478. The first kappa shape index (κ1) is 11.3. The lowest BCUT2D eigenvalue weighted by atomic mass is 9.67. The van der Waals surface area contributed by atoms with Crippen LogP contribution in [0.15, 0.2) is 12.4 Å². The highest BCUT2D eigenvalue weighted by atomic mass is 35.5. The molecular weight excluding hydrogens is 259 g/mol. The third-order valence-electron chi connectivity index (χ3n) is 3.97. The fourth-order valence-corrected chi connectivity index (χ4v) is 3.24. The zero-order valence-electron chi connectivity index (χ0n) is 9.25. The number of halogens is 2. The Morgan fingerprint density at radius 1 is 1.24 bits per heavy atom. The summed E-state index contributed by atoms with van der Waals surface area (Å²) in [5.41, 5.74) is 0.516. The van der Waals surface area contributed by atoms with E-state index in [0.29, 0.717) is 15.6 Å². The van der Waals surface area contributed by atoms with Crippen molar-refractivity contribution in [2.45, 2.75) is 31.2 Å². The standard InChI is InChI=1S/C12H12Cl2N2O/c13-8-6-15-7-9(14)10(8)11(17)16-5-4-12(16)2-1-3-12/h6-7H,1-5H2. The Morgan fingerprint density at radius 2 is 1.88 bits per heavy atom. The average Bonchev–Trinajstić information content (AvgIpc) is 2.12. The van der Waals surface area contributed by atoms with E-state index in [1.807, 2.05) is 4.90 Å². The number of amides is 1. The Morgan fingerprint density at radius 3 is 2.29 bits per heavy atom. The largest absolute Gasteiger partial charge is 0.333 e. The molecule has 90 valence electrons. The molecule has 0 atom stereocenters. The van der Waals surface area contributed by atoms with E-state index in [9.17, 15) is 4.79 Å². The second-order valence-electron chi connectivity index (χ2n) is 4.76. The third kappa shape index (κ3) is 1.56. The molecule has 17 heavy (non-hydrogen) atoms. The minimum absolute atomic E-state index is 0.0478. The number of hydrogen-bond donors (Lipinski definition) is 0. The van der Waals surface area contributed by atoms with Crippen LogP contribution in [0, 0.1) is 0 Å². The molecule has 2 heterocycles. The summed E-state index contributed by atoms with van der Waals surface area (Å²) in [6.07, 6.45) is 7.47. The number of hydrogen-bond acceptors (Lipinski definition) is 2. The van der Waals surface area contributed by atoms with Gasteiger partial charge in [-0.3, -0.25) is 9.78 Å². The van der Waals surface area contributed by atoms with Crippen LogP contribution in [0.3, 0.4) is 0 Å². The molecule has 1 amide bonds. The molecule has 1 spiro atoms. The fraction of sp³-hybridized carbons (Fsp3) is 0.500. The van der Waals surface area contributed by atoms with Crippen LogP contribution in [-0.4, -0.2) is 27.9 Å². The van der Waals surface area contributed by atoms with Gasteiger partial charge in [-0.1, -0.05) is 23.2 Å². The van der Waals surface area contributed by atoms with Gasteiger partial charge in [0.2, 0.25) is 0 Å². The zero-order chi connectivity index (χ0) is 12.0. The highest BCUT2D eigenvalue weighted by molar-refractivity contribution is 6.39. The SMILES string of the molecule is O=C(c1c(Cl)cncc1Cl)N1CCC12CCC2. The van der Waals surface area contributed by atoms with Crippen LogP contribution in [-0.2, 0) is 0 Å². The number of nitrogens with zero attached hydrogens (tertiary/aromatic N) is 2. The molecule has 1 aliphatic carbocycles. The van der Waals surface area contributed by atoms with Gasteiger partial charge in [0.25, 0.3) is 5.91 Å². The van der Waals surface area contributed by atoms with Gasteiger partial charge in [-0.15, -0.1) is 0 Å². The summed E-state index contributed by atoms with van der Waals surface area (Å²) in [7, 11) is 0. The summed E-state index contributed by atoms with van der Waals surface area (Å²) in [6, 6.07) is 0. The molecular formula is C12H12Cl2N2O. The van der Waals surface area contributed by atoms with E-state index < -0.39 is 0 Å². The lowest BCUT2D eigenvalue weighted by molar-refractivity contribution is -0.0487. The number of pyridine rings is 1. The second kappa shape index (κ2) is 3.85. The second-order valence-corrected chi connectivity index (χ2v) is 5.58. The summed E-state index contributed by atoms with van der Waals surface area (Å²) in [5, 5.41) is 0.674. The maximum absolute atomic E-state index is 12.4. The molecule has 1 aliphatic heterocycles. The Labute approximate surface area is 110 Å². The van der Waals surface area contributed by atoms with Crippen LogP contribution in [0.4, 0.5) is 0 Å². The molecule has 1 aromatic rings. The minimum Gasteiger partial charge on any atom is -0.333 e. The molecule has 2 fully saturated rings. The lowest BCUT2D eigenvalue weighted by Gasteiger charge is -2.58. The quantitative estimate of drug-likeness (QED) is 0.786. The molecule has 1 aromatic heterocycles. The van der Waals surface area contributed by atoms with Crippen molar-refractivity contribution in [3.8, 4) is 0 Å². The van der Waals surface area contributed by atoms with E-state index in [-0.39, 0.29) is 11.4 Å². The van der Waals surface area contributed by atoms with Crippen LogP contribution in [0.1, 0.15) is 36.0 Å². The molecule has 0 unspecified atom stereocenters. The van der Waals surface area contributed by atoms with Gasteiger partial charge in [-0.05, 0) is 25.7 Å². The summed E-state index contributed by atoms with van der Waals surface area (Å²) >= 11 is 12.0. The molecule has 5 heteroatoms. The highest BCUT2D eigenvalue weighted by Crippen LogP contribution is 2.48. The Kier molecular flexibility index (Phi) is 2.56. The summed E-state index contributed by atoms with van der Waals surface area (Å²) < 4.78 is 0. The van der Waals surface area contributed by atoms with Crippen LogP contribution in [0.2, 0.25) is 10.0 Å². The number of aromatic nitrogens is 1. The van der Waals surface area contributed by atoms with E-state index in [4.69, 9.17) is 23.2 Å². The lowest BCUT2D eigenvalue weighted by Crippen LogP contribution is -2.65. The normalized spacial score (nSPS) is 20.9. The molecule has 0 radical (unpaired) electrons. The van der Waals surface area contributed by atoms with E-state index in [2.05, 4.69) is 4.98 Å². The highest BCUT2D eigenvalue weighted by Gasteiger charge is 2.51. The number of likely N-dealkylation sites (tertiary alicyclic amines) is 1. The van der Waals surface area contributed by atoms with Gasteiger partial charge < -0.3 is 4.90 Å². The van der Waals surface area contributed by atoms with Gasteiger partial charge in [0.15, 0.2) is 0 Å². The van der Waals surface area contributed by atoms with Gasteiger partial charge in [0.1, 0.15) is 0 Å². The van der Waals surface area contributed by atoms with E-state index in [1.54, 1.807) is 0 Å². The third-order valence-corrected chi connectivity index (χ3v) is 4.54. The molecule has 0 N–H and O–H groups in total. The van der Waals surface area contributed by atoms with Crippen LogP contribution in [0.25, 0.3) is 0 Å². The Balaban J connectivity index is 1.92. The smallest absolute Gasteiger partial charge is 0.257 e. The molecule has 1 saturated carbocycles. The molecule has 3 rings (SSSR count). The molecule has 2 aliphatic rings. The maximum Gasteiger partial charge on any atom is 0.257 e. The Bertz CT molecular complexity index is 460. The maximum atomic E-state index is 12.4. The van der Waals surface area contributed by atoms with Gasteiger partial charge in [-0.2, -0.15) is 0 Å².